The molecule has 0 bridgehead atoms. The lowest BCUT2D eigenvalue weighted by Crippen LogP contribution is -2.06. The average Bonchev–Trinajstić information content (AvgIpc) is 2.04. The first-order valence-electron chi connectivity index (χ1n) is 3.18. The number of carboxylic acids is 2. The third-order valence-electron chi connectivity index (χ3n) is 1.39. The number of rotatable bonds is 2. The molecule has 1 rings (SSSR count). The number of aromatic carboxylic acids is 2. The Morgan fingerprint density at radius 3 is 1.46 bits per heavy atom. The summed E-state index contributed by atoms with van der Waals surface area (Å²) >= 11 is 0. The van der Waals surface area contributed by atoms with Crippen LogP contribution in [0.25, 0.3) is 0 Å². The van der Waals surface area contributed by atoms with Crippen LogP contribution >= 0.6 is 9.90 Å². The van der Waals surface area contributed by atoms with Gasteiger partial charge in [-0.1, -0.05) is 12.1 Å². The van der Waals surface area contributed by atoms with Crippen molar-refractivity contribution in [2.24, 2.45) is 0 Å². The van der Waals surface area contributed by atoms with Crippen LogP contribution in [0.2, 0.25) is 0 Å². The molecule has 13 heavy (non-hydrogen) atoms. The first-order chi connectivity index (χ1) is 5.63. The topological polar surface area (TPSA) is 74.6 Å². The Bertz CT molecular complexity index is 302. The van der Waals surface area contributed by atoms with Crippen LogP contribution in [0, 0.1) is 0 Å². The summed E-state index contributed by atoms with van der Waals surface area (Å²) < 4.78 is 0. The van der Waals surface area contributed by atoms with E-state index in [1.54, 1.807) is 0 Å². The van der Waals surface area contributed by atoms with E-state index in [4.69, 9.17) is 10.2 Å². The molecule has 0 aromatic heterocycles. The number of carbonyl (C=O) groups is 2. The van der Waals surface area contributed by atoms with Gasteiger partial charge < -0.3 is 10.2 Å². The fourth-order valence-electron chi connectivity index (χ4n) is 0.856. The van der Waals surface area contributed by atoms with Gasteiger partial charge in [0.1, 0.15) is 0 Å². The number of carboxylic acid groups (broad SMARTS) is 2. The van der Waals surface area contributed by atoms with Gasteiger partial charge in [0, 0.05) is 0 Å². The second-order valence-corrected chi connectivity index (χ2v) is 2.16. The van der Waals surface area contributed by atoms with Crippen LogP contribution in [-0.2, 0) is 0 Å². The fraction of sp³-hybridized carbons (Fsp3) is 0. The number of hydrogen-bond acceptors (Lipinski definition) is 2. The largest absolute Gasteiger partial charge is 0.478 e. The standard InChI is InChI=1S/C8H6O4.H3P/c9-7(10)5-3-1-2-4-6(5)8(11)12;/h1-4H,(H,9,10)(H,11,12);1H3. The highest BCUT2D eigenvalue weighted by Gasteiger charge is 2.13. The SMILES string of the molecule is O=C(O)c1ccccc1C(=O)O.P. The average molecular weight is 200 g/mol. The van der Waals surface area contributed by atoms with Gasteiger partial charge in [0.25, 0.3) is 0 Å². The summed E-state index contributed by atoms with van der Waals surface area (Å²) in [5.41, 5.74) is -0.380. The quantitative estimate of drug-likeness (QED) is 0.702. The van der Waals surface area contributed by atoms with Crippen LogP contribution in [0.3, 0.4) is 0 Å². The molecule has 4 nitrogen and oxygen atoms in total. The van der Waals surface area contributed by atoms with Crippen LogP contribution in [0.15, 0.2) is 24.3 Å². The van der Waals surface area contributed by atoms with E-state index in [1.165, 1.54) is 24.3 Å². The summed E-state index contributed by atoms with van der Waals surface area (Å²) in [6.45, 7) is 0. The van der Waals surface area contributed by atoms with Gasteiger partial charge in [0.05, 0.1) is 11.1 Å². The summed E-state index contributed by atoms with van der Waals surface area (Å²) in [5, 5.41) is 17.1. The van der Waals surface area contributed by atoms with Crippen LogP contribution in [0.1, 0.15) is 20.7 Å². The molecular formula is C8H9O4P. The monoisotopic (exact) mass is 200 g/mol. The van der Waals surface area contributed by atoms with E-state index >= 15 is 0 Å². The van der Waals surface area contributed by atoms with Crippen molar-refractivity contribution in [2.45, 2.75) is 0 Å². The Kier molecular flexibility index (Phi) is 4.08. The molecule has 5 heteroatoms. The summed E-state index contributed by atoms with van der Waals surface area (Å²) in [6, 6.07) is 5.48. The lowest BCUT2D eigenvalue weighted by atomic mass is 10.1. The van der Waals surface area contributed by atoms with Gasteiger partial charge in [-0.05, 0) is 12.1 Å². The molecular weight excluding hydrogens is 191 g/mol. The van der Waals surface area contributed by atoms with Crippen molar-refractivity contribution < 1.29 is 19.8 Å². The fourth-order valence-corrected chi connectivity index (χ4v) is 0.856. The zero-order chi connectivity index (χ0) is 9.14. The van der Waals surface area contributed by atoms with E-state index in [-0.39, 0.29) is 21.0 Å². The number of benzene rings is 1. The molecule has 0 fully saturated rings. The van der Waals surface area contributed by atoms with Gasteiger partial charge in [0.15, 0.2) is 0 Å². The second kappa shape index (κ2) is 4.58. The molecule has 1 atom stereocenters. The molecule has 0 spiro atoms. The molecule has 0 amide bonds. The van der Waals surface area contributed by atoms with E-state index in [0.29, 0.717) is 0 Å². The molecule has 0 aliphatic rings. The number of hydrogen-bond donors (Lipinski definition) is 2. The predicted molar refractivity (Wildman–Crippen MR) is 51.5 cm³/mol. The zero-order valence-corrected chi connectivity index (χ0v) is 8.14. The first-order valence-corrected chi connectivity index (χ1v) is 3.18. The van der Waals surface area contributed by atoms with Crippen molar-refractivity contribution in [3.8, 4) is 0 Å². The van der Waals surface area contributed by atoms with E-state index in [1.807, 2.05) is 0 Å². The van der Waals surface area contributed by atoms with Gasteiger partial charge in [-0.25, -0.2) is 9.59 Å². The highest BCUT2D eigenvalue weighted by Crippen LogP contribution is 2.07. The third-order valence-corrected chi connectivity index (χ3v) is 1.39. The van der Waals surface area contributed by atoms with E-state index in [0.717, 1.165) is 0 Å². The van der Waals surface area contributed by atoms with Gasteiger partial charge in [-0.2, -0.15) is 9.90 Å². The van der Waals surface area contributed by atoms with Crippen molar-refractivity contribution in [3.63, 3.8) is 0 Å². The van der Waals surface area contributed by atoms with Crippen LogP contribution in [-0.4, -0.2) is 22.2 Å². The van der Waals surface area contributed by atoms with Crippen LogP contribution in [0.4, 0.5) is 0 Å². The molecule has 1 aromatic rings. The Morgan fingerprint density at radius 2 is 1.23 bits per heavy atom. The van der Waals surface area contributed by atoms with Crippen molar-refractivity contribution in [1.82, 2.24) is 0 Å². The highest BCUT2D eigenvalue weighted by atomic mass is 31.0. The summed E-state index contributed by atoms with van der Waals surface area (Å²) in [5.74, 6) is -2.46. The molecule has 0 radical (unpaired) electrons. The normalized spacial score (nSPS) is 8.62. The van der Waals surface area contributed by atoms with Crippen LogP contribution in [0.5, 0.6) is 0 Å². The van der Waals surface area contributed by atoms with E-state index in [2.05, 4.69) is 0 Å². The first kappa shape index (κ1) is 11.6. The third kappa shape index (κ3) is 2.53. The smallest absolute Gasteiger partial charge is 0.336 e. The van der Waals surface area contributed by atoms with E-state index < -0.39 is 11.9 Å². The Hall–Kier alpha value is -1.41. The predicted octanol–water partition coefficient (Wildman–Crippen LogP) is 1.14. The Morgan fingerprint density at radius 1 is 0.923 bits per heavy atom. The zero-order valence-electron chi connectivity index (χ0n) is 6.73. The minimum Gasteiger partial charge on any atom is -0.478 e. The van der Waals surface area contributed by atoms with Gasteiger partial charge >= 0.3 is 11.9 Å². The van der Waals surface area contributed by atoms with Gasteiger partial charge in [0.2, 0.25) is 0 Å². The summed E-state index contributed by atoms with van der Waals surface area (Å²) in [7, 11) is 0. The molecule has 0 saturated carbocycles. The molecule has 70 valence electrons. The molecule has 1 aromatic carbocycles. The maximum absolute atomic E-state index is 10.5. The molecule has 2 N–H and O–H groups in total. The van der Waals surface area contributed by atoms with Gasteiger partial charge in [-0.15, -0.1) is 0 Å². The molecule has 0 heterocycles. The molecule has 0 aliphatic carbocycles. The lowest BCUT2D eigenvalue weighted by molar-refractivity contribution is 0.0651. The van der Waals surface area contributed by atoms with Crippen molar-refractivity contribution in [3.05, 3.63) is 35.4 Å². The molecule has 0 aliphatic heterocycles. The van der Waals surface area contributed by atoms with Crippen LogP contribution < -0.4 is 0 Å². The molecule has 0 saturated heterocycles. The maximum Gasteiger partial charge on any atom is 0.336 e. The lowest BCUT2D eigenvalue weighted by Gasteiger charge is -1.98. The minimum absolute atomic E-state index is 0. The minimum atomic E-state index is -1.23. The van der Waals surface area contributed by atoms with Crippen molar-refractivity contribution in [2.75, 3.05) is 0 Å². The highest BCUT2D eigenvalue weighted by molar-refractivity contribution is 6.92. The van der Waals surface area contributed by atoms with E-state index in [9.17, 15) is 9.59 Å². The summed E-state index contributed by atoms with van der Waals surface area (Å²) in [4.78, 5) is 20.9. The molecule has 1 unspecified atom stereocenters. The van der Waals surface area contributed by atoms with Crippen molar-refractivity contribution in [1.29, 1.82) is 0 Å². The summed E-state index contributed by atoms with van der Waals surface area (Å²) in [6.07, 6.45) is 0. The Labute approximate surface area is 77.8 Å². The Balaban J connectivity index is 0.00000144. The second-order valence-electron chi connectivity index (χ2n) is 2.16. The van der Waals surface area contributed by atoms with Gasteiger partial charge in [-0.3, -0.25) is 0 Å². The van der Waals surface area contributed by atoms with Crippen molar-refractivity contribution >= 4 is 21.8 Å². The maximum atomic E-state index is 10.5.